The highest BCUT2D eigenvalue weighted by Crippen LogP contribution is 2.38. The molecule has 1 saturated heterocycles. The van der Waals surface area contributed by atoms with E-state index in [-0.39, 0.29) is 6.10 Å². The van der Waals surface area contributed by atoms with Crippen molar-refractivity contribution in [1.29, 1.82) is 0 Å². The molecule has 2 heterocycles. The van der Waals surface area contributed by atoms with Crippen LogP contribution < -0.4 is 0 Å². The van der Waals surface area contributed by atoms with Gasteiger partial charge in [0, 0.05) is 37.3 Å². The smallest absolute Gasteiger partial charge is 0.0715 e. The van der Waals surface area contributed by atoms with Crippen molar-refractivity contribution in [1.82, 2.24) is 0 Å². The van der Waals surface area contributed by atoms with E-state index in [2.05, 4.69) is 41.2 Å². The molecule has 1 aromatic heterocycles. The van der Waals surface area contributed by atoms with Crippen molar-refractivity contribution >= 4 is 50.8 Å². The second-order valence-corrected chi connectivity index (χ2v) is 9.27. The Bertz CT molecular complexity index is 368. The number of thioether (sulfide) groups is 2. The summed E-state index contributed by atoms with van der Waals surface area (Å²) in [5.41, 5.74) is 0. The van der Waals surface area contributed by atoms with Gasteiger partial charge in [0.2, 0.25) is 0 Å². The van der Waals surface area contributed by atoms with Gasteiger partial charge in [-0.1, -0.05) is 13.8 Å². The lowest BCUT2D eigenvalue weighted by Gasteiger charge is -2.33. The molecule has 17 heavy (non-hydrogen) atoms. The van der Waals surface area contributed by atoms with Gasteiger partial charge < -0.3 is 5.11 Å². The van der Waals surface area contributed by atoms with E-state index in [9.17, 15) is 5.11 Å². The molecule has 96 valence electrons. The summed E-state index contributed by atoms with van der Waals surface area (Å²) >= 11 is 9.19. The van der Waals surface area contributed by atoms with Crippen molar-refractivity contribution in [2.75, 3.05) is 5.75 Å². The normalized spacial score (nSPS) is 31.4. The van der Waals surface area contributed by atoms with Crippen LogP contribution >= 0.6 is 50.8 Å². The topological polar surface area (TPSA) is 20.2 Å². The number of rotatable bonds is 3. The first-order valence-electron chi connectivity index (χ1n) is 5.75. The predicted octanol–water partition coefficient (Wildman–Crippen LogP) is 4.04. The average Bonchev–Trinajstić information content (AvgIpc) is 2.68. The Balaban J connectivity index is 1.92. The van der Waals surface area contributed by atoms with Crippen LogP contribution in [0.4, 0.5) is 0 Å². The molecule has 1 aliphatic heterocycles. The van der Waals surface area contributed by atoms with Crippen molar-refractivity contribution in [3.63, 3.8) is 0 Å². The van der Waals surface area contributed by atoms with E-state index in [0.29, 0.717) is 15.7 Å². The minimum atomic E-state index is -0.225. The summed E-state index contributed by atoms with van der Waals surface area (Å²) in [6.45, 7) is 4.54. The second kappa shape index (κ2) is 6.33. The lowest BCUT2D eigenvalue weighted by atomic mass is 10.2. The molecule has 0 aromatic carbocycles. The molecule has 1 aliphatic rings. The predicted molar refractivity (Wildman–Crippen MR) is 84.5 cm³/mol. The van der Waals surface area contributed by atoms with Crippen LogP contribution in [0.2, 0.25) is 0 Å². The van der Waals surface area contributed by atoms with Gasteiger partial charge in [-0.05, 0) is 27.4 Å². The maximum absolute atomic E-state index is 10.3. The molecule has 0 amide bonds. The van der Waals surface area contributed by atoms with Gasteiger partial charge in [-0.15, -0.1) is 11.3 Å². The number of aliphatic hydroxyl groups excluding tert-OH is 1. The minimum absolute atomic E-state index is 0.225. The van der Waals surface area contributed by atoms with Crippen molar-refractivity contribution in [3.8, 4) is 0 Å². The molecule has 0 saturated carbocycles. The number of halogens is 1. The van der Waals surface area contributed by atoms with Crippen molar-refractivity contribution in [2.24, 2.45) is 0 Å². The van der Waals surface area contributed by atoms with Gasteiger partial charge in [0.15, 0.2) is 0 Å². The zero-order chi connectivity index (χ0) is 12.4. The fourth-order valence-electron chi connectivity index (χ4n) is 1.80. The fourth-order valence-corrected chi connectivity index (χ4v) is 6.38. The molecule has 4 atom stereocenters. The Morgan fingerprint density at radius 2 is 2.24 bits per heavy atom. The van der Waals surface area contributed by atoms with Crippen LogP contribution in [-0.2, 0) is 6.42 Å². The maximum atomic E-state index is 10.3. The molecule has 1 fully saturated rings. The molecule has 0 spiro atoms. The molecule has 1 aromatic rings. The zero-order valence-corrected chi connectivity index (χ0v) is 14.0. The van der Waals surface area contributed by atoms with E-state index in [1.165, 1.54) is 4.88 Å². The molecule has 4 unspecified atom stereocenters. The maximum Gasteiger partial charge on any atom is 0.0715 e. The molecular weight excluding hydrogens is 336 g/mol. The fraction of sp³-hybridized carbons (Fsp3) is 0.667. The molecule has 2 rings (SSSR count). The second-order valence-electron chi connectivity index (χ2n) is 4.38. The molecular formula is C12H17BrOS3. The van der Waals surface area contributed by atoms with E-state index < -0.39 is 0 Å². The molecule has 5 heteroatoms. The first kappa shape index (κ1) is 14.3. The summed E-state index contributed by atoms with van der Waals surface area (Å²) in [4.78, 5) is 1.26. The molecule has 0 radical (unpaired) electrons. The summed E-state index contributed by atoms with van der Waals surface area (Å²) in [7, 11) is 0. The summed E-state index contributed by atoms with van der Waals surface area (Å²) in [5, 5.41) is 14.1. The Hall–Kier alpha value is 0.840. The van der Waals surface area contributed by atoms with E-state index in [0.717, 1.165) is 16.6 Å². The van der Waals surface area contributed by atoms with Crippen molar-refractivity contribution in [2.45, 2.75) is 42.1 Å². The quantitative estimate of drug-likeness (QED) is 0.886. The lowest BCUT2D eigenvalue weighted by Crippen LogP contribution is -2.35. The largest absolute Gasteiger partial charge is 0.392 e. The van der Waals surface area contributed by atoms with Crippen molar-refractivity contribution in [3.05, 3.63) is 20.8 Å². The van der Waals surface area contributed by atoms with Gasteiger partial charge in [0.1, 0.15) is 0 Å². The average molecular weight is 353 g/mol. The highest BCUT2D eigenvalue weighted by atomic mass is 79.9. The summed E-state index contributed by atoms with van der Waals surface area (Å²) < 4.78 is 1.14. The van der Waals surface area contributed by atoms with Crippen LogP contribution in [0.1, 0.15) is 18.7 Å². The third-order valence-electron chi connectivity index (χ3n) is 3.09. The van der Waals surface area contributed by atoms with Gasteiger partial charge in [-0.2, -0.15) is 23.5 Å². The highest BCUT2D eigenvalue weighted by Gasteiger charge is 2.30. The van der Waals surface area contributed by atoms with Crippen LogP contribution in [0.3, 0.4) is 0 Å². The van der Waals surface area contributed by atoms with Crippen LogP contribution in [-0.4, -0.2) is 32.7 Å². The van der Waals surface area contributed by atoms with Gasteiger partial charge in [-0.25, -0.2) is 0 Å². The SMILES string of the molecule is CC1SCC(C(O)Cc2sccc2Br)SC1C. The minimum Gasteiger partial charge on any atom is -0.392 e. The van der Waals surface area contributed by atoms with E-state index in [4.69, 9.17) is 0 Å². The Labute approximate surface area is 124 Å². The van der Waals surface area contributed by atoms with E-state index in [1.54, 1.807) is 11.3 Å². The number of hydrogen-bond donors (Lipinski definition) is 1. The Morgan fingerprint density at radius 1 is 1.47 bits per heavy atom. The first-order chi connectivity index (χ1) is 8.08. The first-order valence-corrected chi connectivity index (χ1v) is 9.41. The lowest BCUT2D eigenvalue weighted by molar-refractivity contribution is 0.178. The monoisotopic (exact) mass is 352 g/mol. The highest BCUT2D eigenvalue weighted by molar-refractivity contribution is 9.10. The third kappa shape index (κ3) is 3.66. The molecule has 0 aliphatic carbocycles. The summed E-state index contributed by atoms with van der Waals surface area (Å²) in [5.74, 6) is 1.07. The van der Waals surface area contributed by atoms with E-state index >= 15 is 0 Å². The van der Waals surface area contributed by atoms with Gasteiger partial charge >= 0.3 is 0 Å². The number of aliphatic hydroxyl groups is 1. The molecule has 1 N–H and O–H groups in total. The van der Waals surface area contributed by atoms with Gasteiger partial charge in [0.05, 0.1) is 6.10 Å². The zero-order valence-electron chi connectivity index (χ0n) is 9.93. The van der Waals surface area contributed by atoms with Gasteiger partial charge in [0.25, 0.3) is 0 Å². The van der Waals surface area contributed by atoms with Crippen LogP contribution in [0.5, 0.6) is 0 Å². The third-order valence-corrected chi connectivity index (χ3v) is 8.57. The Kier molecular flexibility index (Phi) is 5.31. The van der Waals surface area contributed by atoms with Crippen LogP contribution in [0.15, 0.2) is 15.9 Å². The van der Waals surface area contributed by atoms with Crippen LogP contribution in [0.25, 0.3) is 0 Å². The Morgan fingerprint density at radius 3 is 2.82 bits per heavy atom. The molecule has 0 bridgehead atoms. The van der Waals surface area contributed by atoms with Crippen LogP contribution in [0, 0.1) is 0 Å². The molecule has 1 nitrogen and oxygen atoms in total. The number of thiophene rings is 1. The van der Waals surface area contributed by atoms with E-state index in [1.807, 2.05) is 23.5 Å². The summed E-state index contributed by atoms with van der Waals surface area (Å²) in [6, 6.07) is 2.06. The standard InChI is InChI=1S/C12H17BrOS3/c1-7-8(2)17-12(6-16-7)10(14)5-11-9(13)3-4-15-11/h3-4,7-8,10,12,14H,5-6H2,1-2H3. The van der Waals surface area contributed by atoms with Gasteiger partial charge in [-0.3, -0.25) is 0 Å². The summed E-state index contributed by atoms with van der Waals surface area (Å²) in [6.07, 6.45) is 0.551. The number of hydrogen-bond acceptors (Lipinski definition) is 4. The van der Waals surface area contributed by atoms with Crippen molar-refractivity contribution < 1.29 is 5.11 Å².